The van der Waals surface area contributed by atoms with Gasteiger partial charge in [-0.25, -0.2) is 4.79 Å². The fourth-order valence-electron chi connectivity index (χ4n) is 1.28. The summed E-state index contributed by atoms with van der Waals surface area (Å²) in [4.78, 5) is 11.2. The number of rotatable bonds is 6. The number of aliphatic hydroxyl groups is 1. The van der Waals surface area contributed by atoms with Crippen LogP contribution in [0.25, 0.3) is 0 Å². The monoisotopic (exact) mass is 238 g/mol. The van der Waals surface area contributed by atoms with E-state index in [9.17, 15) is 4.79 Å². The van der Waals surface area contributed by atoms with E-state index in [-0.39, 0.29) is 19.2 Å². The number of hydrogen-bond acceptors (Lipinski definition) is 3. The quantitative estimate of drug-likeness (QED) is 0.689. The number of carbonyl (C=O) groups is 1. The molecular weight excluding hydrogens is 220 g/mol. The molecule has 0 bridgehead atoms. The lowest BCUT2D eigenvalue weighted by Crippen LogP contribution is -2.36. The zero-order valence-corrected chi connectivity index (χ0v) is 9.90. The lowest BCUT2D eigenvalue weighted by atomic mass is 10.2. The molecule has 5 heteroatoms. The fourth-order valence-corrected chi connectivity index (χ4v) is 1.28. The first-order chi connectivity index (χ1) is 8.26. The Morgan fingerprint density at radius 1 is 1.29 bits per heavy atom. The van der Waals surface area contributed by atoms with Gasteiger partial charge < -0.3 is 20.5 Å². The standard InChI is InChI=1S/C12H18N2O3/c1-2-17-11-5-3-10(4-6-11)9-14-12(16)13-7-8-15/h3-6,15H,2,7-9H2,1H3,(H2,13,14,16). The molecule has 0 fully saturated rings. The Hall–Kier alpha value is -1.75. The van der Waals surface area contributed by atoms with Crippen molar-refractivity contribution in [2.45, 2.75) is 13.5 Å². The predicted molar refractivity (Wildman–Crippen MR) is 64.9 cm³/mol. The summed E-state index contributed by atoms with van der Waals surface area (Å²) in [5, 5.41) is 13.7. The van der Waals surface area contributed by atoms with Crippen molar-refractivity contribution in [1.29, 1.82) is 0 Å². The third-order valence-electron chi connectivity index (χ3n) is 2.08. The third kappa shape index (κ3) is 5.21. The zero-order valence-electron chi connectivity index (χ0n) is 9.90. The highest BCUT2D eigenvalue weighted by Crippen LogP contribution is 2.11. The number of hydrogen-bond donors (Lipinski definition) is 3. The normalized spacial score (nSPS) is 9.76. The van der Waals surface area contributed by atoms with Gasteiger partial charge in [0.1, 0.15) is 5.75 Å². The lowest BCUT2D eigenvalue weighted by molar-refractivity contribution is 0.234. The molecule has 0 aromatic heterocycles. The van der Waals surface area contributed by atoms with Crippen LogP contribution in [0, 0.1) is 0 Å². The number of benzene rings is 1. The molecule has 0 aliphatic carbocycles. The van der Waals surface area contributed by atoms with Crippen molar-refractivity contribution in [2.24, 2.45) is 0 Å². The molecule has 94 valence electrons. The molecule has 2 amide bonds. The van der Waals surface area contributed by atoms with E-state index in [1.165, 1.54) is 0 Å². The van der Waals surface area contributed by atoms with Gasteiger partial charge in [0.05, 0.1) is 13.2 Å². The van der Waals surface area contributed by atoms with Crippen molar-refractivity contribution in [2.75, 3.05) is 19.8 Å². The van der Waals surface area contributed by atoms with E-state index in [0.717, 1.165) is 11.3 Å². The van der Waals surface area contributed by atoms with Gasteiger partial charge in [-0.2, -0.15) is 0 Å². The molecule has 0 unspecified atom stereocenters. The maximum Gasteiger partial charge on any atom is 0.315 e. The minimum absolute atomic E-state index is 0.0591. The van der Waals surface area contributed by atoms with Gasteiger partial charge in [-0.05, 0) is 24.6 Å². The van der Waals surface area contributed by atoms with Gasteiger partial charge in [0, 0.05) is 13.1 Å². The number of ether oxygens (including phenoxy) is 1. The second kappa shape index (κ2) is 7.51. The second-order valence-electron chi connectivity index (χ2n) is 3.41. The van der Waals surface area contributed by atoms with E-state index in [0.29, 0.717) is 13.2 Å². The molecule has 17 heavy (non-hydrogen) atoms. The van der Waals surface area contributed by atoms with Gasteiger partial charge in [0.2, 0.25) is 0 Å². The van der Waals surface area contributed by atoms with Crippen molar-refractivity contribution < 1.29 is 14.6 Å². The van der Waals surface area contributed by atoms with Crippen LogP contribution >= 0.6 is 0 Å². The minimum atomic E-state index is -0.284. The van der Waals surface area contributed by atoms with Crippen LogP contribution in [0.4, 0.5) is 4.79 Å². The third-order valence-corrected chi connectivity index (χ3v) is 2.08. The molecule has 1 aromatic rings. The van der Waals surface area contributed by atoms with Crippen LogP contribution in [0.5, 0.6) is 5.75 Å². The van der Waals surface area contributed by atoms with Crippen molar-refractivity contribution >= 4 is 6.03 Å². The molecule has 0 aliphatic heterocycles. The molecule has 5 nitrogen and oxygen atoms in total. The summed E-state index contributed by atoms with van der Waals surface area (Å²) < 4.78 is 5.31. The van der Waals surface area contributed by atoms with Crippen LogP contribution in [0.15, 0.2) is 24.3 Å². The number of carbonyl (C=O) groups excluding carboxylic acids is 1. The van der Waals surface area contributed by atoms with E-state index in [4.69, 9.17) is 9.84 Å². The Kier molecular flexibility index (Phi) is 5.88. The first-order valence-electron chi connectivity index (χ1n) is 5.60. The van der Waals surface area contributed by atoms with Crippen LogP contribution in [0.3, 0.4) is 0 Å². The number of amides is 2. The minimum Gasteiger partial charge on any atom is -0.494 e. The summed E-state index contributed by atoms with van der Waals surface area (Å²) >= 11 is 0. The summed E-state index contributed by atoms with van der Waals surface area (Å²) in [6, 6.07) is 7.25. The highest BCUT2D eigenvalue weighted by atomic mass is 16.5. The fraction of sp³-hybridized carbons (Fsp3) is 0.417. The SMILES string of the molecule is CCOc1ccc(CNC(=O)NCCO)cc1. The highest BCUT2D eigenvalue weighted by Gasteiger charge is 1.99. The van der Waals surface area contributed by atoms with Gasteiger partial charge in [-0.1, -0.05) is 12.1 Å². The topological polar surface area (TPSA) is 70.6 Å². The smallest absolute Gasteiger partial charge is 0.315 e. The predicted octanol–water partition coefficient (Wildman–Crippen LogP) is 0.877. The Morgan fingerprint density at radius 2 is 2.00 bits per heavy atom. The lowest BCUT2D eigenvalue weighted by Gasteiger charge is -2.07. The largest absolute Gasteiger partial charge is 0.494 e. The molecule has 0 heterocycles. The summed E-state index contributed by atoms with van der Waals surface area (Å²) in [6.45, 7) is 3.22. The van der Waals surface area contributed by atoms with E-state index in [1.807, 2.05) is 31.2 Å². The van der Waals surface area contributed by atoms with E-state index < -0.39 is 0 Å². The molecule has 0 radical (unpaired) electrons. The average Bonchev–Trinajstić information content (AvgIpc) is 2.36. The highest BCUT2D eigenvalue weighted by molar-refractivity contribution is 5.73. The Bertz CT molecular complexity index is 338. The van der Waals surface area contributed by atoms with E-state index in [2.05, 4.69) is 10.6 Å². The Morgan fingerprint density at radius 3 is 2.59 bits per heavy atom. The summed E-state index contributed by atoms with van der Waals surface area (Å²) in [5.74, 6) is 0.820. The van der Waals surface area contributed by atoms with Crippen LogP contribution in [0.2, 0.25) is 0 Å². The van der Waals surface area contributed by atoms with Crippen LogP contribution in [-0.4, -0.2) is 30.9 Å². The molecule has 0 spiro atoms. The second-order valence-corrected chi connectivity index (χ2v) is 3.41. The molecule has 1 rings (SSSR count). The molecule has 0 atom stereocenters. The van der Waals surface area contributed by atoms with E-state index >= 15 is 0 Å². The molecule has 0 aliphatic rings. The molecule has 0 saturated carbocycles. The Labute approximate surface area is 101 Å². The van der Waals surface area contributed by atoms with Gasteiger partial charge in [-0.15, -0.1) is 0 Å². The number of urea groups is 1. The van der Waals surface area contributed by atoms with Crippen molar-refractivity contribution in [3.63, 3.8) is 0 Å². The average molecular weight is 238 g/mol. The van der Waals surface area contributed by atoms with Gasteiger partial charge >= 0.3 is 6.03 Å². The molecule has 3 N–H and O–H groups in total. The first kappa shape index (κ1) is 13.3. The summed E-state index contributed by atoms with van der Waals surface area (Å²) in [5.41, 5.74) is 0.993. The molecule has 0 saturated heterocycles. The van der Waals surface area contributed by atoms with Gasteiger partial charge in [0.15, 0.2) is 0 Å². The van der Waals surface area contributed by atoms with Crippen LogP contribution < -0.4 is 15.4 Å². The maximum atomic E-state index is 11.2. The first-order valence-corrected chi connectivity index (χ1v) is 5.60. The summed E-state index contributed by atoms with van der Waals surface area (Å²) in [7, 11) is 0. The maximum absolute atomic E-state index is 11.2. The Balaban J connectivity index is 2.34. The molecule has 1 aromatic carbocycles. The van der Waals surface area contributed by atoms with Crippen molar-refractivity contribution in [1.82, 2.24) is 10.6 Å². The van der Waals surface area contributed by atoms with Crippen molar-refractivity contribution in [3.8, 4) is 5.75 Å². The van der Waals surface area contributed by atoms with Crippen LogP contribution in [-0.2, 0) is 6.54 Å². The van der Waals surface area contributed by atoms with E-state index in [1.54, 1.807) is 0 Å². The van der Waals surface area contributed by atoms with Gasteiger partial charge in [-0.3, -0.25) is 0 Å². The molecular formula is C12H18N2O3. The van der Waals surface area contributed by atoms with Crippen molar-refractivity contribution in [3.05, 3.63) is 29.8 Å². The number of nitrogens with one attached hydrogen (secondary N) is 2. The zero-order chi connectivity index (χ0) is 12.5. The number of aliphatic hydroxyl groups excluding tert-OH is 1. The van der Waals surface area contributed by atoms with Gasteiger partial charge in [0.25, 0.3) is 0 Å². The summed E-state index contributed by atoms with van der Waals surface area (Å²) in [6.07, 6.45) is 0. The van der Waals surface area contributed by atoms with Crippen LogP contribution in [0.1, 0.15) is 12.5 Å².